The van der Waals surface area contributed by atoms with Crippen LogP contribution < -0.4 is 5.32 Å². The molecule has 0 spiro atoms. The Morgan fingerprint density at radius 3 is 2.62 bits per heavy atom. The van der Waals surface area contributed by atoms with Crippen molar-refractivity contribution < 1.29 is 0 Å². The molecule has 1 fully saturated rings. The lowest BCUT2D eigenvalue weighted by Crippen LogP contribution is -2.57. The Hall–Kier alpha value is -0.960. The number of hydrogen-bond acceptors (Lipinski definition) is 2. The van der Waals surface area contributed by atoms with Crippen molar-refractivity contribution in [2.45, 2.75) is 22.6 Å². The average molecular weight is 316 g/mol. The van der Waals surface area contributed by atoms with Gasteiger partial charge >= 0.3 is 0 Å². The zero-order valence-corrected chi connectivity index (χ0v) is 13.4. The van der Waals surface area contributed by atoms with Crippen molar-refractivity contribution in [3.05, 3.63) is 64.7 Å². The van der Waals surface area contributed by atoms with E-state index in [9.17, 15) is 0 Å². The zero-order chi connectivity index (χ0) is 14.3. The molecule has 1 atom stereocenters. The quantitative estimate of drug-likeness (QED) is 0.897. The van der Waals surface area contributed by atoms with Gasteiger partial charge in [-0.3, -0.25) is 0 Å². The Balaban J connectivity index is 1.65. The summed E-state index contributed by atoms with van der Waals surface area (Å²) in [5.41, 5.74) is 3.06. The molecule has 1 nitrogen and oxygen atoms in total. The van der Waals surface area contributed by atoms with Gasteiger partial charge in [-0.15, -0.1) is 11.8 Å². The highest BCUT2D eigenvalue weighted by Crippen LogP contribution is 2.47. The number of benzene rings is 2. The second-order valence-corrected chi connectivity index (χ2v) is 7.58. The van der Waals surface area contributed by atoms with Crippen LogP contribution in [0.4, 0.5) is 0 Å². The van der Waals surface area contributed by atoms with E-state index in [2.05, 4.69) is 41.7 Å². The van der Waals surface area contributed by atoms with Crippen LogP contribution in [0.15, 0.2) is 53.4 Å². The molecule has 0 saturated carbocycles. The van der Waals surface area contributed by atoms with Crippen LogP contribution in [0.1, 0.15) is 23.5 Å². The highest BCUT2D eigenvalue weighted by molar-refractivity contribution is 7.99. The van der Waals surface area contributed by atoms with Crippen molar-refractivity contribution in [1.82, 2.24) is 5.32 Å². The molecule has 0 amide bonds. The highest BCUT2D eigenvalue weighted by Gasteiger charge is 2.43. The third kappa shape index (κ3) is 2.30. The summed E-state index contributed by atoms with van der Waals surface area (Å²) in [4.78, 5) is 1.46. The van der Waals surface area contributed by atoms with Gasteiger partial charge in [-0.05, 0) is 35.6 Å². The first-order chi connectivity index (χ1) is 10.3. The zero-order valence-electron chi connectivity index (χ0n) is 11.8. The first kappa shape index (κ1) is 13.7. The number of thioether (sulfide) groups is 1. The van der Waals surface area contributed by atoms with Crippen molar-refractivity contribution >= 4 is 23.4 Å². The van der Waals surface area contributed by atoms with Gasteiger partial charge in [-0.2, -0.15) is 0 Å². The number of halogens is 1. The van der Waals surface area contributed by atoms with Crippen LogP contribution in [0.3, 0.4) is 0 Å². The number of hydrogen-bond donors (Lipinski definition) is 1. The van der Waals surface area contributed by atoms with E-state index in [4.69, 9.17) is 11.6 Å². The van der Waals surface area contributed by atoms with Crippen molar-refractivity contribution in [3.63, 3.8) is 0 Å². The van der Waals surface area contributed by atoms with E-state index in [-0.39, 0.29) is 5.41 Å². The molecule has 2 aliphatic rings. The van der Waals surface area contributed by atoms with Crippen LogP contribution in [0.2, 0.25) is 5.02 Å². The third-order valence-corrected chi connectivity index (χ3v) is 6.39. The van der Waals surface area contributed by atoms with Crippen LogP contribution in [0.5, 0.6) is 0 Å². The average Bonchev–Trinajstić information content (AvgIpc) is 2.87. The topological polar surface area (TPSA) is 12.0 Å². The van der Waals surface area contributed by atoms with Gasteiger partial charge in [0.15, 0.2) is 0 Å². The smallest absolute Gasteiger partial charge is 0.0444 e. The Kier molecular flexibility index (Phi) is 3.49. The molecule has 3 heteroatoms. The maximum Gasteiger partial charge on any atom is 0.0444 e. The molecule has 1 saturated heterocycles. The molecule has 1 unspecified atom stereocenters. The van der Waals surface area contributed by atoms with E-state index in [1.165, 1.54) is 28.2 Å². The number of fused-ring (bicyclic) bond motifs is 1. The normalized spacial score (nSPS) is 22.6. The lowest BCUT2D eigenvalue weighted by Gasteiger charge is -2.45. The van der Waals surface area contributed by atoms with E-state index in [1.807, 2.05) is 23.9 Å². The molecule has 2 heterocycles. The van der Waals surface area contributed by atoms with E-state index >= 15 is 0 Å². The summed E-state index contributed by atoms with van der Waals surface area (Å²) in [6.07, 6.45) is 1.19. The van der Waals surface area contributed by atoms with Crippen LogP contribution in [0.25, 0.3) is 0 Å². The van der Waals surface area contributed by atoms with E-state index < -0.39 is 0 Å². The lowest BCUT2D eigenvalue weighted by atomic mass is 9.68. The first-order valence-electron chi connectivity index (χ1n) is 7.46. The molecule has 21 heavy (non-hydrogen) atoms. The molecule has 0 bridgehead atoms. The van der Waals surface area contributed by atoms with Crippen molar-refractivity contribution in [1.29, 1.82) is 0 Å². The SMILES string of the molecule is Clc1ccccc1C1(CC2CSc3ccccc32)CNC1. The van der Waals surface area contributed by atoms with Gasteiger partial charge < -0.3 is 5.32 Å². The number of rotatable bonds is 3. The van der Waals surface area contributed by atoms with Gasteiger partial charge in [0.25, 0.3) is 0 Å². The monoisotopic (exact) mass is 315 g/mol. The van der Waals surface area contributed by atoms with Crippen LogP contribution in [-0.2, 0) is 5.41 Å². The maximum absolute atomic E-state index is 6.47. The summed E-state index contributed by atoms with van der Waals surface area (Å²) in [5, 5.41) is 4.37. The standard InChI is InChI=1S/C18H18ClNS/c19-16-7-3-2-6-15(16)18(11-20-12-18)9-13-10-21-17-8-4-1-5-14(13)17/h1-8,13,20H,9-12H2. The van der Waals surface area contributed by atoms with Crippen molar-refractivity contribution in [2.24, 2.45) is 0 Å². The third-order valence-electron chi connectivity index (χ3n) is 4.81. The summed E-state index contributed by atoms with van der Waals surface area (Å²) < 4.78 is 0. The van der Waals surface area contributed by atoms with Gasteiger partial charge in [0.1, 0.15) is 0 Å². The Morgan fingerprint density at radius 1 is 1.10 bits per heavy atom. The minimum atomic E-state index is 0.209. The predicted molar refractivity (Wildman–Crippen MR) is 90.5 cm³/mol. The summed E-state index contributed by atoms with van der Waals surface area (Å²) in [7, 11) is 0. The maximum atomic E-state index is 6.47. The van der Waals surface area contributed by atoms with Gasteiger partial charge in [0.2, 0.25) is 0 Å². The van der Waals surface area contributed by atoms with Crippen molar-refractivity contribution in [2.75, 3.05) is 18.8 Å². The van der Waals surface area contributed by atoms with E-state index in [0.29, 0.717) is 5.92 Å². The molecular weight excluding hydrogens is 298 g/mol. The van der Waals surface area contributed by atoms with Crippen LogP contribution in [0, 0.1) is 0 Å². The summed E-state index contributed by atoms with van der Waals surface area (Å²) in [6.45, 7) is 2.08. The molecule has 108 valence electrons. The van der Waals surface area contributed by atoms with Crippen molar-refractivity contribution in [3.8, 4) is 0 Å². The second kappa shape index (κ2) is 5.35. The fourth-order valence-corrected chi connectivity index (χ4v) is 5.22. The fraction of sp³-hybridized carbons (Fsp3) is 0.333. The van der Waals surface area contributed by atoms with Gasteiger partial charge in [0.05, 0.1) is 0 Å². The summed E-state index contributed by atoms with van der Waals surface area (Å²) >= 11 is 8.47. The Labute approximate surface area is 135 Å². The Morgan fingerprint density at radius 2 is 1.86 bits per heavy atom. The second-order valence-electron chi connectivity index (χ2n) is 6.11. The first-order valence-corrected chi connectivity index (χ1v) is 8.82. The summed E-state index contributed by atoms with van der Waals surface area (Å²) in [6, 6.07) is 17.2. The van der Waals surface area contributed by atoms with E-state index in [1.54, 1.807) is 0 Å². The fourth-order valence-electron chi connectivity index (χ4n) is 3.63. The van der Waals surface area contributed by atoms with Crippen LogP contribution in [-0.4, -0.2) is 18.8 Å². The predicted octanol–water partition coefficient (Wildman–Crippen LogP) is 4.46. The molecule has 1 N–H and O–H groups in total. The molecule has 0 aromatic heterocycles. The molecular formula is C18H18ClNS. The van der Waals surface area contributed by atoms with Gasteiger partial charge in [-0.1, -0.05) is 48.0 Å². The molecule has 2 aromatic carbocycles. The molecule has 2 aromatic rings. The minimum Gasteiger partial charge on any atom is -0.315 e. The largest absolute Gasteiger partial charge is 0.315 e. The highest BCUT2D eigenvalue weighted by atomic mass is 35.5. The summed E-state index contributed by atoms with van der Waals surface area (Å²) in [5.74, 6) is 1.84. The van der Waals surface area contributed by atoms with E-state index in [0.717, 1.165) is 18.1 Å². The molecule has 0 aliphatic carbocycles. The molecule has 4 rings (SSSR count). The van der Waals surface area contributed by atoms with Gasteiger partial charge in [0, 0.05) is 34.2 Å². The lowest BCUT2D eigenvalue weighted by molar-refractivity contribution is 0.245. The molecule has 0 radical (unpaired) electrons. The van der Waals surface area contributed by atoms with Gasteiger partial charge in [-0.25, -0.2) is 0 Å². The number of nitrogens with one attached hydrogen (secondary N) is 1. The molecule has 2 aliphatic heterocycles. The minimum absolute atomic E-state index is 0.209. The van der Waals surface area contributed by atoms with Crippen LogP contribution >= 0.6 is 23.4 Å². The Bertz CT molecular complexity index is 666.